The SMILES string of the molecule is OCCOc1ccccc1OCc1ncc(Cl)cc1Cl. The van der Waals surface area contributed by atoms with Crippen LogP contribution >= 0.6 is 23.2 Å². The molecular weight excluding hydrogens is 301 g/mol. The van der Waals surface area contributed by atoms with E-state index < -0.39 is 0 Å². The average Bonchev–Trinajstić information content (AvgIpc) is 2.45. The molecule has 0 aliphatic rings. The maximum absolute atomic E-state index is 8.78. The van der Waals surface area contributed by atoms with Gasteiger partial charge in [0.1, 0.15) is 13.2 Å². The van der Waals surface area contributed by atoms with Crippen molar-refractivity contribution in [1.82, 2.24) is 4.98 Å². The molecule has 1 heterocycles. The number of aliphatic hydroxyl groups is 1. The van der Waals surface area contributed by atoms with Crippen molar-refractivity contribution < 1.29 is 14.6 Å². The monoisotopic (exact) mass is 313 g/mol. The fourth-order valence-electron chi connectivity index (χ4n) is 1.54. The number of rotatable bonds is 6. The van der Waals surface area contributed by atoms with Crippen molar-refractivity contribution in [3.8, 4) is 11.5 Å². The molecule has 0 aliphatic heterocycles. The number of halogens is 2. The summed E-state index contributed by atoms with van der Waals surface area (Å²) < 4.78 is 11.0. The first-order valence-corrected chi connectivity index (χ1v) is 6.71. The summed E-state index contributed by atoms with van der Waals surface area (Å²) in [4.78, 5) is 4.11. The number of ether oxygens (including phenoxy) is 2. The molecular formula is C14H13Cl2NO3. The van der Waals surface area contributed by atoms with Crippen LogP contribution in [0.25, 0.3) is 0 Å². The molecule has 0 saturated carbocycles. The molecule has 20 heavy (non-hydrogen) atoms. The van der Waals surface area contributed by atoms with Gasteiger partial charge in [-0.15, -0.1) is 0 Å². The number of hydrogen-bond donors (Lipinski definition) is 1. The van der Waals surface area contributed by atoms with Crippen LogP contribution in [0, 0.1) is 0 Å². The minimum Gasteiger partial charge on any atom is -0.487 e. The Bertz CT molecular complexity index is 578. The Morgan fingerprint density at radius 1 is 1.10 bits per heavy atom. The van der Waals surface area contributed by atoms with Crippen LogP contribution in [0.4, 0.5) is 0 Å². The molecule has 0 atom stereocenters. The second kappa shape index (κ2) is 7.33. The van der Waals surface area contributed by atoms with E-state index in [0.29, 0.717) is 27.2 Å². The van der Waals surface area contributed by atoms with Gasteiger partial charge in [0.15, 0.2) is 11.5 Å². The topological polar surface area (TPSA) is 51.6 Å². The molecule has 106 valence electrons. The van der Waals surface area contributed by atoms with Gasteiger partial charge in [0.25, 0.3) is 0 Å². The van der Waals surface area contributed by atoms with Crippen molar-refractivity contribution in [2.75, 3.05) is 13.2 Å². The zero-order chi connectivity index (χ0) is 14.4. The lowest BCUT2D eigenvalue weighted by Gasteiger charge is -2.12. The van der Waals surface area contributed by atoms with E-state index in [1.807, 2.05) is 12.1 Å². The fraction of sp³-hybridized carbons (Fsp3) is 0.214. The average molecular weight is 314 g/mol. The standard InChI is InChI=1S/C14H13Cl2NO3/c15-10-7-11(16)12(17-8-10)9-20-14-4-2-1-3-13(14)19-6-5-18/h1-4,7-8,18H,5-6,9H2. The van der Waals surface area contributed by atoms with Crippen molar-refractivity contribution in [2.45, 2.75) is 6.61 Å². The first-order valence-electron chi connectivity index (χ1n) is 5.96. The number of nitrogens with zero attached hydrogens (tertiary/aromatic N) is 1. The molecule has 0 saturated heterocycles. The second-order valence-electron chi connectivity index (χ2n) is 3.89. The van der Waals surface area contributed by atoms with Gasteiger partial charge in [-0.25, -0.2) is 0 Å². The van der Waals surface area contributed by atoms with Crippen molar-refractivity contribution in [2.24, 2.45) is 0 Å². The molecule has 1 aromatic carbocycles. The van der Waals surface area contributed by atoms with Crippen LogP contribution in [-0.4, -0.2) is 23.3 Å². The molecule has 0 radical (unpaired) electrons. The Hall–Kier alpha value is -1.49. The lowest BCUT2D eigenvalue weighted by molar-refractivity contribution is 0.192. The summed E-state index contributed by atoms with van der Waals surface area (Å²) in [6.07, 6.45) is 1.51. The normalized spacial score (nSPS) is 10.3. The highest BCUT2D eigenvalue weighted by Crippen LogP contribution is 2.28. The molecule has 0 bridgehead atoms. The summed E-state index contributed by atoms with van der Waals surface area (Å²) in [6, 6.07) is 8.81. The van der Waals surface area contributed by atoms with Crippen LogP contribution < -0.4 is 9.47 Å². The summed E-state index contributed by atoms with van der Waals surface area (Å²) in [7, 11) is 0. The Balaban J connectivity index is 2.06. The van der Waals surface area contributed by atoms with E-state index in [9.17, 15) is 0 Å². The quantitative estimate of drug-likeness (QED) is 0.888. The van der Waals surface area contributed by atoms with Crippen molar-refractivity contribution in [1.29, 1.82) is 0 Å². The number of aromatic nitrogens is 1. The first kappa shape index (κ1) is 14.9. The van der Waals surface area contributed by atoms with E-state index in [4.69, 9.17) is 37.8 Å². The minimum absolute atomic E-state index is 0.0566. The van der Waals surface area contributed by atoms with Gasteiger partial charge in [0.2, 0.25) is 0 Å². The van der Waals surface area contributed by atoms with E-state index in [-0.39, 0.29) is 19.8 Å². The Labute approximate surface area is 126 Å². The molecule has 0 fully saturated rings. The van der Waals surface area contributed by atoms with Gasteiger partial charge >= 0.3 is 0 Å². The smallest absolute Gasteiger partial charge is 0.161 e. The summed E-state index contributed by atoms with van der Waals surface area (Å²) in [5.41, 5.74) is 0.591. The van der Waals surface area contributed by atoms with E-state index in [0.717, 1.165) is 0 Å². The van der Waals surface area contributed by atoms with Crippen LogP contribution in [0.5, 0.6) is 11.5 Å². The van der Waals surface area contributed by atoms with Crippen LogP contribution in [0.1, 0.15) is 5.69 Å². The maximum Gasteiger partial charge on any atom is 0.161 e. The van der Waals surface area contributed by atoms with Gasteiger partial charge in [-0.1, -0.05) is 35.3 Å². The second-order valence-corrected chi connectivity index (χ2v) is 4.73. The lowest BCUT2D eigenvalue weighted by Crippen LogP contribution is -2.05. The number of pyridine rings is 1. The maximum atomic E-state index is 8.78. The molecule has 2 aromatic rings. The number of para-hydroxylation sites is 2. The van der Waals surface area contributed by atoms with Gasteiger partial charge in [-0.2, -0.15) is 0 Å². The summed E-state index contributed by atoms with van der Waals surface area (Å²) in [6.45, 7) is 0.356. The van der Waals surface area contributed by atoms with Crippen molar-refractivity contribution in [3.05, 3.63) is 52.3 Å². The molecule has 0 spiro atoms. The largest absolute Gasteiger partial charge is 0.487 e. The Morgan fingerprint density at radius 3 is 2.45 bits per heavy atom. The highest BCUT2D eigenvalue weighted by molar-refractivity contribution is 6.34. The molecule has 1 N–H and O–H groups in total. The minimum atomic E-state index is -0.0566. The van der Waals surface area contributed by atoms with Crippen LogP contribution in [-0.2, 0) is 6.61 Å². The van der Waals surface area contributed by atoms with Crippen LogP contribution in [0.3, 0.4) is 0 Å². The van der Waals surface area contributed by atoms with Gasteiger partial charge in [0.05, 0.1) is 22.3 Å². The molecule has 0 amide bonds. The van der Waals surface area contributed by atoms with E-state index in [2.05, 4.69) is 4.98 Å². The third-order valence-corrected chi connectivity index (χ3v) is 2.98. The third kappa shape index (κ3) is 4.00. The van der Waals surface area contributed by atoms with Gasteiger partial charge in [-0.3, -0.25) is 4.98 Å². The molecule has 0 aliphatic carbocycles. The summed E-state index contributed by atoms with van der Waals surface area (Å²) >= 11 is 11.8. The molecule has 6 heteroatoms. The molecule has 1 aromatic heterocycles. The fourth-order valence-corrected chi connectivity index (χ4v) is 1.97. The Morgan fingerprint density at radius 2 is 1.80 bits per heavy atom. The zero-order valence-corrected chi connectivity index (χ0v) is 12.1. The molecule has 0 unspecified atom stereocenters. The third-order valence-electron chi connectivity index (χ3n) is 2.45. The highest BCUT2D eigenvalue weighted by atomic mass is 35.5. The van der Waals surface area contributed by atoms with Gasteiger partial charge in [-0.05, 0) is 18.2 Å². The number of hydrogen-bond acceptors (Lipinski definition) is 4. The van der Waals surface area contributed by atoms with Crippen LogP contribution in [0.2, 0.25) is 10.0 Å². The van der Waals surface area contributed by atoms with E-state index >= 15 is 0 Å². The highest BCUT2D eigenvalue weighted by Gasteiger charge is 2.07. The number of benzene rings is 1. The predicted molar refractivity (Wildman–Crippen MR) is 77.6 cm³/mol. The zero-order valence-electron chi connectivity index (χ0n) is 10.6. The van der Waals surface area contributed by atoms with Gasteiger partial charge < -0.3 is 14.6 Å². The lowest BCUT2D eigenvalue weighted by atomic mass is 10.3. The van der Waals surface area contributed by atoms with Gasteiger partial charge in [0, 0.05) is 6.20 Å². The predicted octanol–water partition coefficient (Wildman–Crippen LogP) is 3.34. The van der Waals surface area contributed by atoms with Crippen LogP contribution in [0.15, 0.2) is 36.5 Å². The molecule has 4 nitrogen and oxygen atoms in total. The summed E-state index contributed by atoms with van der Waals surface area (Å²) in [5.74, 6) is 1.13. The molecule has 2 rings (SSSR count). The summed E-state index contributed by atoms with van der Waals surface area (Å²) in [5, 5.41) is 9.71. The van der Waals surface area contributed by atoms with E-state index in [1.54, 1.807) is 18.2 Å². The first-order chi connectivity index (χ1) is 9.70. The van der Waals surface area contributed by atoms with Crippen molar-refractivity contribution in [3.63, 3.8) is 0 Å². The Kier molecular flexibility index (Phi) is 5.47. The van der Waals surface area contributed by atoms with E-state index in [1.165, 1.54) is 6.20 Å². The number of aliphatic hydroxyl groups excluding tert-OH is 1. The van der Waals surface area contributed by atoms with Crippen molar-refractivity contribution >= 4 is 23.2 Å².